The van der Waals surface area contributed by atoms with Crippen LogP contribution in [-0.4, -0.2) is 5.91 Å². The highest BCUT2D eigenvalue weighted by Gasteiger charge is 2.31. The van der Waals surface area contributed by atoms with Crippen LogP contribution in [0.4, 0.5) is 0 Å². The maximum Gasteiger partial charge on any atom is 0.224 e. The van der Waals surface area contributed by atoms with Gasteiger partial charge in [0.15, 0.2) is 0 Å². The van der Waals surface area contributed by atoms with Crippen molar-refractivity contribution < 1.29 is 4.79 Å². The van der Waals surface area contributed by atoms with Gasteiger partial charge in [-0.3, -0.25) is 4.79 Å². The molecular weight excluding hydrogens is 362 g/mol. The number of allylic oxidation sites excluding steroid dienone is 2. The lowest BCUT2D eigenvalue weighted by Gasteiger charge is -2.30. The Kier molecular flexibility index (Phi) is 5.52. The molecule has 1 amide bonds. The van der Waals surface area contributed by atoms with Gasteiger partial charge in [0, 0.05) is 16.9 Å². The molecule has 0 saturated heterocycles. The summed E-state index contributed by atoms with van der Waals surface area (Å²) in [5.41, 5.74) is 3.74. The van der Waals surface area contributed by atoms with Gasteiger partial charge >= 0.3 is 0 Å². The largest absolute Gasteiger partial charge is 0.352 e. The second kappa shape index (κ2) is 7.80. The van der Waals surface area contributed by atoms with Crippen molar-refractivity contribution in [2.75, 3.05) is 0 Å². The van der Waals surface area contributed by atoms with E-state index in [1.165, 1.54) is 11.1 Å². The highest BCUT2D eigenvalue weighted by atomic mass is 79.9. The number of benzene rings is 2. The summed E-state index contributed by atoms with van der Waals surface area (Å²) in [5.74, 6) is 0.396. The van der Waals surface area contributed by atoms with Crippen LogP contribution in [0, 0.1) is 5.92 Å². The summed E-state index contributed by atoms with van der Waals surface area (Å²) in [6.45, 7) is 2.75. The van der Waals surface area contributed by atoms with Crippen molar-refractivity contribution in [3.05, 3.63) is 81.8 Å². The van der Waals surface area contributed by atoms with Crippen molar-refractivity contribution >= 4 is 21.8 Å². The standard InChI is InChI=1S/C21H22BrNO/c1-15-7-12-19(20(13-15)17-8-10-18(22)11-9-17)21(24)23-14-16-5-3-2-4-6-16/h2-11,19-20H,12-14H2,1H3,(H,23,24). The average molecular weight is 384 g/mol. The van der Waals surface area contributed by atoms with Gasteiger partial charge < -0.3 is 5.32 Å². The summed E-state index contributed by atoms with van der Waals surface area (Å²) in [6, 6.07) is 18.4. The zero-order valence-electron chi connectivity index (χ0n) is 13.8. The van der Waals surface area contributed by atoms with E-state index in [-0.39, 0.29) is 17.7 Å². The molecule has 0 heterocycles. The van der Waals surface area contributed by atoms with Gasteiger partial charge in [-0.05, 0) is 48.9 Å². The molecule has 0 saturated carbocycles. The Labute approximate surface area is 152 Å². The first kappa shape index (κ1) is 17.0. The van der Waals surface area contributed by atoms with Crippen molar-refractivity contribution in [3.8, 4) is 0 Å². The fraction of sp³-hybridized carbons (Fsp3) is 0.286. The smallest absolute Gasteiger partial charge is 0.224 e. The molecule has 3 heteroatoms. The predicted octanol–water partition coefficient (Wildman–Crippen LogP) is 5.21. The van der Waals surface area contributed by atoms with Crippen LogP contribution in [0.15, 0.2) is 70.7 Å². The SMILES string of the molecule is CC1=CCC(C(=O)NCc2ccccc2)C(c2ccc(Br)cc2)C1. The number of carbonyl (C=O) groups excluding carboxylic acids is 1. The summed E-state index contributed by atoms with van der Waals surface area (Å²) in [6.07, 6.45) is 3.97. The van der Waals surface area contributed by atoms with E-state index in [2.05, 4.69) is 58.5 Å². The van der Waals surface area contributed by atoms with Crippen LogP contribution in [0.25, 0.3) is 0 Å². The zero-order valence-corrected chi connectivity index (χ0v) is 15.4. The second-order valence-corrected chi connectivity index (χ2v) is 7.37. The molecule has 0 spiro atoms. The quantitative estimate of drug-likeness (QED) is 0.721. The van der Waals surface area contributed by atoms with Crippen molar-refractivity contribution in [2.24, 2.45) is 5.92 Å². The number of carbonyl (C=O) groups is 1. The van der Waals surface area contributed by atoms with Crippen molar-refractivity contribution in [2.45, 2.75) is 32.2 Å². The summed E-state index contributed by atoms with van der Waals surface area (Å²) in [7, 11) is 0. The van der Waals surface area contributed by atoms with Crippen molar-refractivity contribution in [1.82, 2.24) is 5.32 Å². The van der Waals surface area contributed by atoms with Gasteiger partial charge in [-0.25, -0.2) is 0 Å². The molecule has 0 aliphatic heterocycles. The fourth-order valence-corrected chi connectivity index (χ4v) is 3.60. The van der Waals surface area contributed by atoms with E-state index >= 15 is 0 Å². The zero-order chi connectivity index (χ0) is 16.9. The minimum absolute atomic E-state index is 0.00131. The van der Waals surface area contributed by atoms with Crippen LogP contribution in [0.3, 0.4) is 0 Å². The molecule has 124 valence electrons. The minimum Gasteiger partial charge on any atom is -0.352 e. The molecule has 0 bridgehead atoms. The van der Waals surface area contributed by atoms with Crippen LogP contribution in [0.5, 0.6) is 0 Å². The molecule has 1 aliphatic rings. The lowest BCUT2D eigenvalue weighted by molar-refractivity contribution is -0.126. The molecule has 1 N–H and O–H groups in total. The summed E-state index contributed by atoms with van der Waals surface area (Å²) >= 11 is 3.49. The molecular formula is C21H22BrNO. The predicted molar refractivity (Wildman–Crippen MR) is 102 cm³/mol. The van der Waals surface area contributed by atoms with Crippen LogP contribution < -0.4 is 5.32 Å². The molecule has 2 aromatic rings. The molecule has 1 aliphatic carbocycles. The number of hydrogen-bond donors (Lipinski definition) is 1. The lowest BCUT2D eigenvalue weighted by atomic mass is 9.75. The molecule has 2 nitrogen and oxygen atoms in total. The Morgan fingerprint density at radius 2 is 1.83 bits per heavy atom. The summed E-state index contributed by atoms with van der Waals surface area (Å²) < 4.78 is 1.07. The Morgan fingerprint density at radius 1 is 1.12 bits per heavy atom. The van der Waals surface area contributed by atoms with E-state index < -0.39 is 0 Å². The molecule has 24 heavy (non-hydrogen) atoms. The van der Waals surface area contributed by atoms with E-state index in [0.717, 1.165) is 22.9 Å². The number of nitrogens with one attached hydrogen (secondary N) is 1. The Morgan fingerprint density at radius 3 is 2.54 bits per heavy atom. The molecule has 2 aromatic carbocycles. The number of rotatable bonds is 4. The van der Waals surface area contributed by atoms with Crippen LogP contribution in [0.2, 0.25) is 0 Å². The minimum atomic E-state index is -0.00131. The maximum absolute atomic E-state index is 12.8. The first-order chi connectivity index (χ1) is 11.6. The molecule has 0 radical (unpaired) electrons. The van der Waals surface area contributed by atoms with Crippen molar-refractivity contribution in [1.29, 1.82) is 0 Å². The number of halogens is 1. The van der Waals surface area contributed by atoms with Crippen molar-refractivity contribution in [3.63, 3.8) is 0 Å². The third-order valence-corrected chi connectivity index (χ3v) is 5.22. The molecule has 3 rings (SSSR count). The monoisotopic (exact) mass is 383 g/mol. The molecule has 0 fully saturated rings. The number of amides is 1. The molecule has 2 unspecified atom stereocenters. The van der Waals surface area contributed by atoms with E-state index in [0.29, 0.717) is 6.54 Å². The second-order valence-electron chi connectivity index (χ2n) is 6.46. The summed E-state index contributed by atoms with van der Waals surface area (Å²) in [5, 5.41) is 3.12. The molecule has 0 aromatic heterocycles. The van der Waals surface area contributed by atoms with Gasteiger partial charge in [0.1, 0.15) is 0 Å². The van der Waals surface area contributed by atoms with Gasteiger partial charge in [-0.1, -0.05) is 70.0 Å². The van der Waals surface area contributed by atoms with E-state index in [1.54, 1.807) is 0 Å². The average Bonchev–Trinajstić information content (AvgIpc) is 2.61. The maximum atomic E-state index is 12.8. The van der Waals surface area contributed by atoms with Gasteiger partial charge in [0.05, 0.1) is 0 Å². The topological polar surface area (TPSA) is 29.1 Å². The third kappa shape index (κ3) is 4.15. The Bertz CT molecular complexity index is 721. The van der Waals surface area contributed by atoms with E-state index in [1.807, 2.05) is 30.3 Å². The van der Waals surface area contributed by atoms with E-state index in [9.17, 15) is 4.79 Å². The van der Waals surface area contributed by atoms with Crippen LogP contribution >= 0.6 is 15.9 Å². The number of hydrogen-bond acceptors (Lipinski definition) is 1. The van der Waals surface area contributed by atoms with Gasteiger partial charge in [-0.2, -0.15) is 0 Å². The van der Waals surface area contributed by atoms with Gasteiger partial charge in [0.2, 0.25) is 5.91 Å². The Hall–Kier alpha value is -1.87. The third-order valence-electron chi connectivity index (χ3n) is 4.69. The normalized spacial score (nSPS) is 20.3. The van der Waals surface area contributed by atoms with E-state index in [4.69, 9.17) is 0 Å². The molecule has 2 atom stereocenters. The van der Waals surface area contributed by atoms with Gasteiger partial charge in [0.25, 0.3) is 0 Å². The first-order valence-electron chi connectivity index (χ1n) is 8.36. The van der Waals surface area contributed by atoms with Gasteiger partial charge in [-0.15, -0.1) is 0 Å². The lowest BCUT2D eigenvalue weighted by Crippen LogP contribution is -2.35. The highest BCUT2D eigenvalue weighted by Crippen LogP contribution is 2.38. The highest BCUT2D eigenvalue weighted by molar-refractivity contribution is 9.10. The Balaban J connectivity index is 1.73. The van der Waals surface area contributed by atoms with Crippen LogP contribution in [-0.2, 0) is 11.3 Å². The fourth-order valence-electron chi connectivity index (χ4n) is 3.33. The summed E-state index contributed by atoms with van der Waals surface area (Å²) in [4.78, 5) is 12.8. The first-order valence-corrected chi connectivity index (χ1v) is 9.15. The van der Waals surface area contributed by atoms with Crippen LogP contribution in [0.1, 0.15) is 36.8 Å².